The van der Waals surface area contributed by atoms with Gasteiger partial charge in [-0.2, -0.15) is 0 Å². The summed E-state index contributed by atoms with van der Waals surface area (Å²) in [6.45, 7) is 5.64. The van der Waals surface area contributed by atoms with E-state index >= 15 is 0 Å². The van der Waals surface area contributed by atoms with E-state index in [1.54, 1.807) is 0 Å². The summed E-state index contributed by atoms with van der Waals surface area (Å²) < 4.78 is 0. The largest absolute Gasteiger partial charge is 0.320 e. The van der Waals surface area contributed by atoms with Crippen molar-refractivity contribution in [3.8, 4) is 0 Å². The van der Waals surface area contributed by atoms with Crippen LogP contribution in [0.3, 0.4) is 0 Å². The Morgan fingerprint density at radius 1 is 1.23 bits per heavy atom. The lowest BCUT2D eigenvalue weighted by Gasteiger charge is -2.09. The molecular formula is C12H25N. The number of unbranched alkanes of at least 4 members (excludes halogenated alkanes) is 1. The molecule has 13 heavy (non-hydrogen) atoms. The molecule has 0 saturated heterocycles. The van der Waals surface area contributed by atoms with Gasteiger partial charge in [0.1, 0.15) is 0 Å². The SMILES string of the molecule is CCC=CC(CC)CCCCNC. The van der Waals surface area contributed by atoms with Crippen LogP contribution in [0.4, 0.5) is 0 Å². The smallest absolute Gasteiger partial charge is 0.00519 e. The van der Waals surface area contributed by atoms with Crippen LogP contribution in [-0.2, 0) is 0 Å². The Balaban J connectivity index is 3.42. The van der Waals surface area contributed by atoms with Crippen LogP contribution in [0.1, 0.15) is 46.0 Å². The first kappa shape index (κ1) is 12.7. The fourth-order valence-electron chi connectivity index (χ4n) is 1.47. The molecule has 1 unspecified atom stereocenters. The molecule has 0 aromatic carbocycles. The van der Waals surface area contributed by atoms with Gasteiger partial charge in [0.05, 0.1) is 0 Å². The molecule has 0 amide bonds. The van der Waals surface area contributed by atoms with E-state index in [2.05, 4.69) is 31.3 Å². The predicted molar refractivity (Wildman–Crippen MR) is 61.0 cm³/mol. The summed E-state index contributed by atoms with van der Waals surface area (Å²) in [7, 11) is 2.02. The van der Waals surface area contributed by atoms with Crippen LogP contribution < -0.4 is 5.32 Å². The highest BCUT2D eigenvalue weighted by atomic mass is 14.8. The molecule has 0 aromatic heterocycles. The minimum absolute atomic E-state index is 0.816. The summed E-state index contributed by atoms with van der Waals surface area (Å²) in [4.78, 5) is 0. The number of rotatable bonds is 8. The number of allylic oxidation sites excluding steroid dienone is 2. The number of nitrogens with one attached hydrogen (secondary N) is 1. The molecular weight excluding hydrogens is 158 g/mol. The first-order chi connectivity index (χ1) is 6.35. The van der Waals surface area contributed by atoms with Crippen molar-refractivity contribution < 1.29 is 0 Å². The summed E-state index contributed by atoms with van der Waals surface area (Å²) >= 11 is 0. The predicted octanol–water partition coefficient (Wildman–Crippen LogP) is 3.37. The summed E-state index contributed by atoms with van der Waals surface area (Å²) in [6.07, 6.45) is 11.2. The third-order valence-corrected chi connectivity index (χ3v) is 2.42. The van der Waals surface area contributed by atoms with Crippen LogP contribution in [0.2, 0.25) is 0 Å². The summed E-state index contributed by atoms with van der Waals surface area (Å²) in [5.74, 6) is 0.816. The normalized spacial score (nSPS) is 13.8. The summed E-state index contributed by atoms with van der Waals surface area (Å²) in [6, 6.07) is 0. The quantitative estimate of drug-likeness (QED) is 0.449. The lowest BCUT2D eigenvalue weighted by atomic mass is 9.98. The van der Waals surface area contributed by atoms with Gasteiger partial charge in [0.25, 0.3) is 0 Å². The molecule has 1 nitrogen and oxygen atoms in total. The number of hydrogen-bond donors (Lipinski definition) is 1. The standard InChI is InChI=1S/C12H25N/c1-4-6-9-12(5-2)10-7-8-11-13-3/h6,9,12-13H,4-5,7-8,10-11H2,1-3H3. The van der Waals surface area contributed by atoms with Gasteiger partial charge in [-0.15, -0.1) is 0 Å². The second kappa shape index (κ2) is 9.79. The van der Waals surface area contributed by atoms with Gasteiger partial charge in [0.15, 0.2) is 0 Å². The van der Waals surface area contributed by atoms with E-state index in [-0.39, 0.29) is 0 Å². The summed E-state index contributed by atoms with van der Waals surface area (Å²) in [5.41, 5.74) is 0. The van der Waals surface area contributed by atoms with E-state index in [0.29, 0.717) is 0 Å². The molecule has 0 heterocycles. The fraction of sp³-hybridized carbons (Fsp3) is 0.833. The first-order valence-corrected chi connectivity index (χ1v) is 5.66. The molecule has 0 aliphatic carbocycles. The molecule has 0 radical (unpaired) electrons. The van der Waals surface area contributed by atoms with Gasteiger partial charge in [-0.3, -0.25) is 0 Å². The van der Waals surface area contributed by atoms with Crippen molar-refractivity contribution in [1.82, 2.24) is 5.32 Å². The van der Waals surface area contributed by atoms with Crippen LogP contribution in [0.25, 0.3) is 0 Å². The summed E-state index contributed by atoms with van der Waals surface area (Å²) in [5, 5.41) is 3.18. The molecule has 0 spiro atoms. The van der Waals surface area contributed by atoms with E-state index in [1.165, 1.54) is 32.1 Å². The Labute approximate surface area is 83.6 Å². The third kappa shape index (κ3) is 8.04. The minimum Gasteiger partial charge on any atom is -0.320 e. The van der Waals surface area contributed by atoms with Crippen LogP contribution in [0.5, 0.6) is 0 Å². The first-order valence-electron chi connectivity index (χ1n) is 5.66. The van der Waals surface area contributed by atoms with Crippen molar-refractivity contribution in [3.63, 3.8) is 0 Å². The maximum atomic E-state index is 3.18. The van der Waals surface area contributed by atoms with Crippen LogP contribution >= 0.6 is 0 Å². The highest BCUT2D eigenvalue weighted by molar-refractivity contribution is 4.86. The molecule has 1 heteroatoms. The lowest BCUT2D eigenvalue weighted by molar-refractivity contribution is 0.522. The Hall–Kier alpha value is -0.300. The average molecular weight is 183 g/mol. The van der Waals surface area contributed by atoms with E-state index in [1.807, 2.05) is 7.05 Å². The monoisotopic (exact) mass is 183 g/mol. The van der Waals surface area contributed by atoms with Gasteiger partial charge in [-0.25, -0.2) is 0 Å². The minimum atomic E-state index is 0.816. The highest BCUT2D eigenvalue weighted by Crippen LogP contribution is 2.13. The van der Waals surface area contributed by atoms with E-state index < -0.39 is 0 Å². The zero-order valence-electron chi connectivity index (χ0n) is 9.47. The number of hydrogen-bond acceptors (Lipinski definition) is 1. The molecule has 0 aromatic rings. The molecule has 0 aliphatic heterocycles. The molecule has 78 valence electrons. The Morgan fingerprint density at radius 2 is 2.00 bits per heavy atom. The van der Waals surface area contributed by atoms with Crippen molar-refractivity contribution in [1.29, 1.82) is 0 Å². The molecule has 1 atom stereocenters. The zero-order valence-corrected chi connectivity index (χ0v) is 9.47. The highest BCUT2D eigenvalue weighted by Gasteiger charge is 2.00. The van der Waals surface area contributed by atoms with E-state index in [0.717, 1.165) is 12.5 Å². The van der Waals surface area contributed by atoms with Crippen molar-refractivity contribution in [2.75, 3.05) is 13.6 Å². The fourth-order valence-corrected chi connectivity index (χ4v) is 1.47. The van der Waals surface area contributed by atoms with Crippen LogP contribution in [-0.4, -0.2) is 13.6 Å². The van der Waals surface area contributed by atoms with Gasteiger partial charge in [0.2, 0.25) is 0 Å². The molecule has 0 saturated carbocycles. The van der Waals surface area contributed by atoms with Gasteiger partial charge in [0, 0.05) is 0 Å². The maximum absolute atomic E-state index is 3.18. The van der Waals surface area contributed by atoms with E-state index in [4.69, 9.17) is 0 Å². The Kier molecular flexibility index (Phi) is 9.56. The van der Waals surface area contributed by atoms with Gasteiger partial charge in [-0.1, -0.05) is 32.4 Å². The molecule has 0 fully saturated rings. The van der Waals surface area contributed by atoms with Crippen molar-refractivity contribution in [2.45, 2.75) is 46.0 Å². The van der Waals surface area contributed by atoms with Gasteiger partial charge in [-0.05, 0) is 45.2 Å². The van der Waals surface area contributed by atoms with Crippen LogP contribution in [0, 0.1) is 5.92 Å². The average Bonchev–Trinajstić information content (AvgIpc) is 2.17. The molecule has 1 N–H and O–H groups in total. The Bertz CT molecular complexity index is 118. The van der Waals surface area contributed by atoms with Gasteiger partial charge < -0.3 is 5.32 Å². The second-order valence-corrected chi connectivity index (χ2v) is 3.60. The molecule has 0 aliphatic rings. The Morgan fingerprint density at radius 3 is 2.54 bits per heavy atom. The van der Waals surface area contributed by atoms with E-state index in [9.17, 15) is 0 Å². The topological polar surface area (TPSA) is 12.0 Å². The zero-order chi connectivity index (χ0) is 9.94. The lowest BCUT2D eigenvalue weighted by Crippen LogP contribution is -2.07. The molecule has 0 rings (SSSR count). The van der Waals surface area contributed by atoms with Crippen molar-refractivity contribution in [2.24, 2.45) is 5.92 Å². The second-order valence-electron chi connectivity index (χ2n) is 3.60. The maximum Gasteiger partial charge on any atom is -0.00519 e. The van der Waals surface area contributed by atoms with Crippen molar-refractivity contribution in [3.05, 3.63) is 12.2 Å². The molecule has 0 bridgehead atoms. The van der Waals surface area contributed by atoms with Crippen LogP contribution in [0.15, 0.2) is 12.2 Å². The van der Waals surface area contributed by atoms with Gasteiger partial charge >= 0.3 is 0 Å². The van der Waals surface area contributed by atoms with Crippen molar-refractivity contribution >= 4 is 0 Å². The third-order valence-electron chi connectivity index (χ3n) is 2.42.